The molecular formula is C11H10FN3O3. The van der Waals surface area contributed by atoms with Gasteiger partial charge in [0.15, 0.2) is 0 Å². The van der Waals surface area contributed by atoms with Crippen LogP contribution in [0, 0.1) is 33.2 Å². The standard InChI is InChI=1S/C11H10FN3O3/c1-2-7(6-13)11(16)14-8-3-4-10(15(17)18)9(12)5-8/h3-5,7H,2H2,1H3,(H,14,16). The van der Waals surface area contributed by atoms with E-state index in [9.17, 15) is 19.3 Å². The fraction of sp³-hybridized carbons (Fsp3) is 0.273. The summed E-state index contributed by atoms with van der Waals surface area (Å²) in [6.45, 7) is 1.67. The molecule has 1 aromatic rings. The summed E-state index contributed by atoms with van der Waals surface area (Å²) in [5.74, 6) is -2.43. The largest absolute Gasteiger partial charge is 0.325 e. The number of rotatable bonds is 4. The predicted molar refractivity (Wildman–Crippen MR) is 61.1 cm³/mol. The first-order valence-corrected chi connectivity index (χ1v) is 5.14. The highest BCUT2D eigenvalue weighted by atomic mass is 19.1. The average Bonchev–Trinajstić information content (AvgIpc) is 2.30. The number of halogens is 1. The first-order chi connectivity index (χ1) is 8.49. The molecular weight excluding hydrogens is 241 g/mol. The molecule has 0 fully saturated rings. The Bertz CT molecular complexity index is 525. The van der Waals surface area contributed by atoms with E-state index in [1.54, 1.807) is 13.0 Å². The molecule has 7 heteroatoms. The van der Waals surface area contributed by atoms with Crippen molar-refractivity contribution in [1.29, 1.82) is 5.26 Å². The van der Waals surface area contributed by atoms with Crippen molar-refractivity contribution in [3.63, 3.8) is 0 Å². The van der Waals surface area contributed by atoms with Crippen molar-refractivity contribution in [2.24, 2.45) is 5.92 Å². The highest BCUT2D eigenvalue weighted by Gasteiger charge is 2.18. The van der Waals surface area contributed by atoms with Crippen LogP contribution in [0.2, 0.25) is 0 Å². The van der Waals surface area contributed by atoms with Gasteiger partial charge in [-0.2, -0.15) is 9.65 Å². The molecule has 1 atom stereocenters. The monoisotopic (exact) mass is 251 g/mol. The van der Waals surface area contributed by atoms with Crippen LogP contribution in [0.5, 0.6) is 0 Å². The van der Waals surface area contributed by atoms with E-state index < -0.39 is 28.3 Å². The first-order valence-electron chi connectivity index (χ1n) is 5.14. The van der Waals surface area contributed by atoms with Crippen LogP contribution in [-0.4, -0.2) is 10.8 Å². The Kier molecular flexibility index (Phi) is 4.32. The van der Waals surface area contributed by atoms with Gasteiger partial charge in [-0.25, -0.2) is 0 Å². The summed E-state index contributed by atoms with van der Waals surface area (Å²) in [6.07, 6.45) is 0.331. The number of benzene rings is 1. The van der Waals surface area contributed by atoms with E-state index in [-0.39, 0.29) is 5.69 Å². The molecule has 0 heterocycles. The molecule has 0 radical (unpaired) electrons. The highest BCUT2D eigenvalue weighted by Crippen LogP contribution is 2.21. The molecule has 0 spiro atoms. The van der Waals surface area contributed by atoms with Gasteiger partial charge in [0, 0.05) is 17.8 Å². The van der Waals surface area contributed by atoms with Gasteiger partial charge in [-0.1, -0.05) is 6.92 Å². The summed E-state index contributed by atoms with van der Waals surface area (Å²) in [7, 11) is 0. The summed E-state index contributed by atoms with van der Waals surface area (Å²) >= 11 is 0. The minimum Gasteiger partial charge on any atom is -0.325 e. The van der Waals surface area contributed by atoms with E-state index in [4.69, 9.17) is 5.26 Å². The molecule has 0 saturated carbocycles. The van der Waals surface area contributed by atoms with E-state index in [2.05, 4.69) is 5.32 Å². The third kappa shape index (κ3) is 3.01. The van der Waals surface area contributed by atoms with Crippen molar-refractivity contribution in [3.8, 4) is 6.07 Å². The van der Waals surface area contributed by atoms with Crippen molar-refractivity contribution in [3.05, 3.63) is 34.1 Å². The number of amides is 1. The smallest absolute Gasteiger partial charge is 0.304 e. The zero-order valence-electron chi connectivity index (χ0n) is 9.51. The summed E-state index contributed by atoms with van der Waals surface area (Å²) in [6, 6.07) is 4.82. The van der Waals surface area contributed by atoms with E-state index in [0.717, 1.165) is 12.1 Å². The van der Waals surface area contributed by atoms with Crippen LogP contribution in [0.3, 0.4) is 0 Å². The Labute approximate surface area is 102 Å². The second-order valence-corrected chi connectivity index (χ2v) is 3.50. The van der Waals surface area contributed by atoms with Gasteiger partial charge in [0.1, 0.15) is 5.92 Å². The second-order valence-electron chi connectivity index (χ2n) is 3.50. The summed E-state index contributed by atoms with van der Waals surface area (Å²) in [5, 5.41) is 21.4. The number of hydrogen-bond donors (Lipinski definition) is 1. The Balaban J connectivity index is 2.88. The second kappa shape index (κ2) is 5.72. The Morgan fingerprint density at radius 3 is 2.78 bits per heavy atom. The van der Waals surface area contributed by atoms with Gasteiger partial charge in [0.2, 0.25) is 11.7 Å². The topological polar surface area (TPSA) is 96.0 Å². The Hall–Kier alpha value is -2.49. The van der Waals surface area contributed by atoms with E-state index in [0.29, 0.717) is 6.42 Å². The van der Waals surface area contributed by atoms with E-state index in [1.807, 2.05) is 0 Å². The van der Waals surface area contributed by atoms with Gasteiger partial charge < -0.3 is 5.32 Å². The summed E-state index contributed by atoms with van der Waals surface area (Å²) < 4.78 is 13.3. The van der Waals surface area contributed by atoms with Crippen LogP contribution in [0.25, 0.3) is 0 Å². The minimum absolute atomic E-state index is 0.0804. The quantitative estimate of drug-likeness (QED) is 0.655. The van der Waals surface area contributed by atoms with Crippen LogP contribution in [0.4, 0.5) is 15.8 Å². The first kappa shape index (κ1) is 13.6. The SMILES string of the molecule is CCC(C#N)C(=O)Nc1ccc([N+](=O)[O-])c(F)c1. The van der Waals surface area contributed by atoms with Gasteiger partial charge in [-0.3, -0.25) is 14.9 Å². The lowest BCUT2D eigenvalue weighted by atomic mass is 10.1. The van der Waals surface area contributed by atoms with Crippen LogP contribution < -0.4 is 5.32 Å². The molecule has 1 N–H and O–H groups in total. The number of nitro groups is 1. The molecule has 0 aliphatic carbocycles. The van der Waals surface area contributed by atoms with Gasteiger partial charge in [0.05, 0.1) is 11.0 Å². The van der Waals surface area contributed by atoms with Crippen LogP contribution in [0.15, 0.2) is 18.2 Å². The maximum absolute atomic E-state index is 13.3. The fourth-order valence-corrected chi connectivity index (χ4v) is 1.30. The molecule has 94 valence electrons. The maximum atomic E-state index is 13.3. The predicted octanol–water partition coefficient (Wildman–Crippen LogP) is 2.22. The zero-order chi connectivity index (χ0) is 13.7. The molecule has 1 amide bonds. The van der Waals surface area contributed by atoms with Crippen molar-refractivity contribution < 1.29 is 14.1 Å². The number of anilines is 1. The Morgan fingerprint density at radius 2 is 2.33 bits per heavy atom. The lowest BCUT2D eigenvalue weighted by Crippen LogP contribution is -2.20. The number of nitro benzene ring substituents is 1. The van der Waals surface area contributed by atoms with Gasteiger partial charge in [-0.15, -0.1) is 0 Å². The lowest BCUT2D eigenvalue weighted by molar-refractivity contribution is -0.387. The molecule has 1 aromatic carbocycles. The fourth-order valence-electron chi connectivity index (χ4n) is 1.30. The van der Waals surface area contributed by atoms with Crippen LogP contribution >= 0.6 is 0 Å². The minimum atomic E-state index is -1.04. The zero-order valence-corrected chi connectivity index (χ0v) is 9.51. The number of nitrogens with zero attached hydrogens (tertiary/aromatic N) is 2. The van der Waals surface area contributed by atoms with Crippen molar-refractivity contribution in [2.75, 3.05) is 5.32 Å². The molecule has 0 bridgehead atoms. The van der Waals surface area contributed by atoms with E-state index in [1.165, 1.54) is 6.07 Å². The molecule has 18 heavy (non-hydrogen) atoms. The molecule has 6 nitrogen and oxygen atoms in total. The lowest BCUT2D eigenvalue weighted by Gasteiger charge is -2.08. The summed E-state index contributed by atoms with van der Waals surface area (Å²) in [5.41, 5.74) is -0.586. The average molecular weight is 251 g/mol. The Morgan fingerprint density at radius 1 is 1.67 bits per heavy atom. The number of carbonyl (C=O) groups is 1. The number of nitriles is 1. The maximum Gasteiger partial charge on any atom is 0.304 e. The van der Waals surface area contributed by atoms with Gasteiger partial charge >= 0.3 is 5.69 Å². The third-order valence-corrected chi connectivity index (χ3v) is 2.29. The van der Waals surface area contributed by atoms with Crippen LogP contribution in [0.1, 0.15) is 13.3 Å². The number of nitrogens with one attached hydrogen (secondary N) is 1. The van der Waals surface area contributed by atoms with Crippen molar-refractivity contribution >= 4 is 17.3 Å². The molecule has 1 rings (SSSR count). The molecule has 1 unspecified atom stereocenters. The van der Waals surface area contributed by atoms with Gasteiger partial charge in [-0.05, 0) is 12.5 Å². The molecule has 0 aliphatic rings. The number of hydrogen-bond acceptors (Lipinski definition) is 4. The highest BCUT2D eigenvalue weighted by molar-refractivity contribution is 5.94. The van der Waals surface area contributed by atoms with Gasteiger partial charge in [0.25, 0.3) is 0 Å². The number of carbonyl (C=O) groups excluding carboxylic acids is 1. The van der Waals surface area contributed by atoms with Crippen molar-refractivity contribution in [1.82, 2.24) is 0 Å². The molecule has 0 saturated heterocycles. The summed E-state index contributed by atoms with van der Waals surface area (Å²) in [4.78, 5) is 21.1. The third-order valence-electron chi connectivity index (χ3n) is 2.29. The van der Waals surface area contributed by atoms with Crippen LogP contribution in [-0.2, 0) is 4.79 Å². The molecule has 0 aromatic heterocycles. The molecule has 0 aliphatic heterocycles. The van der Waals surface area contributed by atoms with Crippen molar-refractivity contribution in [2.45, 2.75) is 13.3 Å². The van der Waals surface area contributed by atoms with E-state index >= 15 is 0 Å². The normalized spacial score (nSPS) is 11.4.